The Kier molecular flexibility index (Phi) is 3.42. The Morgan fingerprint density at radius 1 is 1.50 bits per heavy atom. The maximum absolute atomic E-state index is 11.1. The summed E-state index contributed by atoms with van der Waals surface area (Å²) in [4.78, 5) is 11.1. The Balaban J connectivity index is 2.08. The third-order valence-corrected chi connectivity index (χ3v) is 3.17. The molecule has 1 aromatic heterocycles. The minimum atomic E-state index is 0.0773. The summed E-state index contributed by atoms with van der Waals surface area (Å²) >= 11 is 0. The van der Waals surface area contributed by atoms with Crippen molar-refractivity contribution >= 4 is 11.7 Å². The lowest BCUT2D eigenvalue weighted by molar-refractivity contribution is -0.119. The fourth-order valence-electron chi connectivity index (χ4n) is 1.92. The predicted octanol–water partition coefficient (Wildman–Crippen LogP) is 0.656. The van der Waals surface area contributed by atoms with Gasteiger partial charge >= 0.3 is 0 Å². The Labute approximate surface area is 105 Å². The molecular formula is C12H15N5O. The second-order valence-corrected chi connectivity index (χ2v) is 4.43. The zero-order valence-electron chi connectivity index (χ0n) is 10.4. The Bertz CT molecular complexity index is 520. The SMILES string of the molecule is Cc1nnc(NCC2CCC(=O)N2)c(C#N)c1C. The van der Waals surface area contributed by atoms with Crippen LogP contribution in [-0.2, 0) is 4.79 Å². The van der Waals surface area contributed by atoms with Crippen molar-refractivity contribution in [2.75, 3.05) is 11.9 Å². The highest BCUT2D eigenvalue weighted by molar-refractivity contribution is 5.78. The first-order valence-corrected chi connectivity index (χ1v) is 5.89. The van der Waals surface area contributed by atoms with Crippen LogP contribution in [0, 0.1) is 25.2 Å². The maximum Gasteiger partial charge on any atom is 0.220 e. The standard InChI is InChI=1S/C12H15N5O/c1-7-8(2)16-17-12(10(7)5-13)14-6-9-3-4-11(18)15-9/h9H,3-4,6H2,1-2H3,(H,14,17)(H,15,18). The van der Waals surface area contributed by atoms with Gasteiger partial charge in [-0.05, 0) is 25.8 Å². The van der Waals surface area contributed by atoms with Gasteiger partial charge in [-0.1, -0.05) is 0 Å². The molecule has 1 aliphatic heterocycles. The molecule has 0 saturated carbocycles. The molecule has 6 nitrogen and oxygen atoms in total. The molecule has 1 unspecified atom stereocenters. The molecule has 0 bridgehead atoms. The third kappa shape index (κ3) is 2.40. The number of anilines is 1. The minimum absolute atomic E-state index is 0.0773. The van der Waals surface area contributed by atoms with E-state index in [0.717, 1.165) is 17.7 Å². The summed E-state index contributed by atoms with van der Waals surface area (Å²) in [6.07, 6.45) is 1.38. The van der Waals surface area contributed by atoms with Gasteiger partial charge in [0.1, 0.15) is 11.6 Å². The van der Waals surface area contributed by atoms with E-state index in [1.165, 1.54) is 0 Å². The van der Waals surface area contributed by atoms with Gasteiger partial charge in [0.15, 0.2) is 5.82 Å². The fraction of sp³-hybridized carbons (Fsp3) is 0.500. The highest BCUT2D eigenvalue weighted by atomic mass is 16.1. The van der Waals surface area contributed by atoms with Gasteiger partial charge in [-0.25, -0.2) is 0 Å². The van der Waals surface area contributed by atoms with Crippen LogP contribution in [0.4, 0.5) is 5.82 Å². The normalized spacial score (nSPS) is 18.3. The van der Waals surface area contributed by atoms with E-state index in [4.69, 9.17) is 5.26 Å². The molecule has 0 spiro atoms. The lowest BCUT2D eigenvalue weighted by atomic mass is 10.1. The molecule has 0 aliphatic carbocycles. The van der Waals surface area contributed by atoms with E-state index >= 15 is 0 Å². The van der Waals surface area contributed by atoms with Gasteiger partial charge in [-0.2, -0.15) is 10.4 Å². The van der Waals surface area contributed by atoms with Gasteiger partial charge in [0.25, 0.3) is 0 Å². The smallest absolute Gasteiger partial charge is 0.220 e. The largest absolute Gasteiger partial charge is 0.365 e. The topological polar surface area (TPSA) is 90.7 Å². The van der Waals surface area contributed by atoms with Gasteiger partial charge in [-0.3, -0.25) is 4.79 Å². The predicted molar refractivity (Wildman–Crippen MR) is 65.9 cm³/mol. The first-order valence-electron chi connectivity index (χ1n) is 5.89. The molecule has 2 rings (SSSR count). The van der Waals surface area contributed by atoms with Gasteiger partial charge in [0, 0.05) is 19.0 Å². The van der Waals surface area contributed by atoms with Crippen LogP contribution in [-0.4, -0.2) is 28.7 Å². The number of aryl methyl sites for hydroxylation is 1. The summed E-state index contributed by atoms with van der Waals surface area (Å²) in [5.41, 5.74) is 2.11. The Morgan fingerprint density at radius 2 is 2.28 bits per heavy atom. The number of carbonyl (C=O) groups is 1. The lowest BCUT2D eigenvalue weighted by Crippen LogP contribution is -2.32. The monoisotopic (exact) mass is 245 g/mol. The van der Waals surface area contributed by atoms with E-state index < -0.39 is 0 Å². The van der Waals surface area contributed by atoms with E-state index in [2.05, 4.69) is 26.9 Å². The summed E-state index contributed by atoms with van der Waals surface area (Å²) in [6, 6.07) is 2.24. The highest BCUT2D eigenvalue weighted by Gasteiger charge is 2.21. The van der Waals surface area contributed by atoms with Crippen molar-refractivity contribution in [2.24, 2.45) is 0 Å². The number of nitrogens with zero attached hydrogens (tertiary/aromatic N) is 3. The molecule has 1 saturated heterocycles. The Morgan fingerprint density at radius 3 is 2.89 bits per heavy atom. The van der Waals surface area contributed by atoms with Crippen LogP contribution in [0.15, 0.2) is 0 Å². The van der Waals surface area contributed by atoms with E-state index in [0.29, 0.717) is 24.3 Å². The van der Waals surface area contributed by atoms with Gasteiger partial charge < -0.3 is 10.6 Å². The van der Waals surface area contributed by atoms with Crippen molar-refractivity contribution in [2.45, 2.75) is 32.7 Å². The van der Waals surface area contributed by atoms with E-state index in [-0.39, 0.29) is 11.9 Å². The van der Waals surface area contributed by atoms with Crippen molar-refractivity contribution in [1.29, 1.82) is 5.26 Å². The Hall–Kier alpha value is -2.16. The molecule has 1 fully saturated rings. The van der Waals surface area contributed by atoms with Crippen LogP contribution < -0.4 is 10.6 Å². The summed E-state index contributed by atoms with van der Waals surface area (Å²) in [7, 11) is 0. The van der Waals surface area contributed by atoms with Gasteiger partial charge in [0.2, 0.25) is 5.91 Å². The number of nitriles is 1. The van der Waals surface area contributed by atoms with Crippen LogP contribution in [0.1, 0.15) is 29.7 Å². The molecule has 1 atom stereocenters. The molecular weight excluding hydrogens is 230 g/mol. The molecule has 18 heavy (non-hydrogen) atoms. The van der Waals surface area contributed by atoms with Crippen LogP contribution in [0.25, 0.3) is 0 Å². The molecule has 94 valence electrons. The number of nitrogens with one attached hydrogen (secondary N) is 2. The van der Waals surface area contributed by atoms with Crippen LogP contribution in [0.3, 0.4) is 0 Å². The van der Waals surface area contributed by atoms with Crippen LogP contribution in [0.5, 0.6) is 0 Å². The number of carbonyl (C=O) groups excluding carboxylic acids is 1. The number of aromatic nitrogens is 2. The summed E-state index contributed by atoms with van der Waals surface area (Å²) in [6.45, 7) is 4.24. The van der Waals surface area contributed by atoms with Crippen LogP contribution >= 0.6 is 0 Å². The van der Waals surface area contributed by atoms with Crippen molar-refractivity contribution in [1.82, 2.24) is 15.5 Å². The molecule has 1 aromatic rings. The van der Waals surface area contributed by atoms with Crippen LogP contribution in [0.2, 0.25) is 0 Å². The average Bonchev–Trinajstić information content (AvgIpc) is 2.77. The fourth-order valence-corrected chi connectivity index (χ4v) is 1.92. The number of rotatable bonds is 3. The quantitative estimate of drug-likeness (QED) is 0.816. The van der Waals surface area contributed by atoms with Crippen molar-refractivity contribution in [3.05, 3.63) is 16.8 Å². The molecule has 6 heteroatoms. The first-order chi connectivity index (χ1) is 8.61. The third-order valence-electron chi connectivity index (χ3n) is 3.17. The maximum atomic E-state index is 11.1. The summed E-state index contributed by atoms with van der Waals surface area (Å²) in [5, 5.41) is 23.1. The lowest BCUT2D eigenvalue weighted by Gasteiger charge is -2.13. The molecule has 2 heterocycles. The zero-order valence-corrected chi connectivity index (χ0v) is 10.4. The van der Waals surface area contributed by atoms with Crippen molar-refractivity contribution < 1.29 is 4.79 Å². The summed E-state index contributed by atoms with van der Waals surface area (Å²) < 4.78 is 0. The van der Waals surface area contributed by atoms with Gasteiger partial charge in [0.05, 0.1) is 5.69 Å². The number of amides is 1. The second kappa shape index (κ2) is 5.00. The average molecular weight is 245 g/mol. The zero-order chi connectivity index (χ0) is 13.1. The highest BCUT2D eigenvalue weighted by Crippen LogP contribution is 2.17. The molecule has 0 aromatic carbocycles. The molecule has 0 radical (unpaired) electrons. The van der Waals surface area contributed by atoms with Crippen molar-refractivity contribution in [3.63, 3.8) is 0 Å². The second-order valence-electron chi connectivity index (χ2n) is 4.43. The number of hydrogen-bond donors (Lipinski definition) is 2. The molecule has 1 aliphatic rings. The minimum Gasteiger partial charge on any atom is -0.365 e. The molecule has 1 amide bonds. The molecule has 2 N–H and O–H groups in total. The summed E-state index contributed by atoms with van der Waals surface area (Å²) in [5.74, 6) is 0.565. The van der Waals surface area contributed by atoms with E-state index in [9.17, 15) is 4.79 Å². The van der Waals surface area contributed by atoms with Crippen molar-refractivity contribution in [3.8, 4) is 6.07 Å². The van der Waals surface area contributed by atoms with E-state index in [1.54, 1.807) is 0 Å². The first kappa shape index (κ1) is 12.3. The van der Waals surface area contributed by atoms with Gasteiger partial charge in [-0.15, -0.1) is 5.10 Å². The van der Waals surface area contributed by atoms with E-state index in [1.807, 2.05) is 13.8 Å². The number of hydrogen-bond acceptors (Lipinski definition) is 5.